The first-order valence-corrected chi connectivity index (χ1v) is 11.9. The minimum Gasteiger partial charge on any atom is -0.372 e. The van der Waals surface area contributed by atoms with E-state index in [0.717, 1.165) is 51.6 Å². The molecule has 0 radical (unpaired) electrons. The number of nitrogens with zero attached hydrogens (tertiary/aromatic N) is 3. The lowest BCUT2D eigenvalue weighted by atomic mass is 10.0. The zero-order chi connectivity index (χ0) is 22.2. The van der Waals surface area contributed by atoms with E-state index >= 15 is 0 Å². The molecule has 1 aliphatic rings. The molecule has 5 rings (SSSR count). The molecule has 0 aliphatic carbocycles. The summed E-state index contributed by atoms with van der Waals surface area (Å²) >= 11 is 7.64. The van der Waals surface area contributed by atoms with Crippen molar-refractivity contribution >= 4 is 39.0 Å². The molecular formula is C25H23ClFN3OS. The van der Waals surface area contributed by atoms with Crippen molar-refractivity contribution in [3.8, 4) is 11.1 Å². The molecule has 0 spiro atoms. The molecule has 1 saturated heterocycles. The lowest BCUT2D eigenvalue weighted by Crippen LogP contribution is -2.46. The first-order valence-electron chi connectivity index (χ1n) is 10.6. The topological polar surface area (TPSA) is 38.2 Å². The zero-order valence-corrected chi connectivity index (χ0v) is 19.5. The highest BCUT2D eigenvalue weighted by molar-refractivity contribution is 7.17. The molecule has 2 aromatic heterocycles. The van der Waals surface area contributed by atoms with E-state index in [4.69, 9.17) is 26.3 Å². The van der Waals surface area contributed by atoms with Gasteiger partial charge in [-0.2, -0.15) is 0 Å². The number of aromatic nitrogens is 2. The number of thiophene rings is 1. The molecule has 7 heteroatoms. The van der Waals surface area contributed by atoms with Crippen LogP contribution in [0.2, 0.25) is 5.02 Å². The highest BCUT2D eigenvalue weighted by Gasteiger charge is 2.27. The van der Waals surface area contributed by atoms with Crippen LogP contribution in [-0.2, 0) is 11.2 Å². The molecule has 4 nitrogen and oxygen atoms in total. The summed E-state index contributed by atoms with van der Waals surface area (Å²) in [4.78, 5) is 13.2. The van der Waals surface area contributed by atoms with Crippen molar-refractivity contribution in [1.29, 1.82) is 0 Å². The molecule has 2 aromatic carbocycles. The van der Waals surface area contributed by atoms with Crippen LogP contribution in [0.25, 0.3) is 21.3 Å². The van der Waals surface area contributed by atoms with Crippen LogP contribution in [0.5, 0.6) is 0 Å². The van der Waals surface area contributed by atoms with Crippen LogP contribution in [0.3, 0.4) is 0 Å². The van der Waals surface area contributed by atoms with Gasteiger partial charge in [-0.1, -0.05) is 35.9 Å². The Bertz CT molecular complexity index is 1230. The molecule has 0 N–H and O–H groups in total. The maximum absolute atomic E-state index is 13.5. The van der Waals surface area contributed by atoms with E-state index in [-0.39, 0.29) is 18.0 Å². The fraction of sp³-hybridized carbons (Fsp3) is 0.280. The molecule has 4 aromatic rings. The smallest absolute Gasteiger partial charge is 0.141 e. The van der Waals surface area contributed by atoms with Crippen LogP contribution in [-0.4, -0.2) is 35.3 Å². The van der Waals surface area contributed by atoms with Crippen LogP contribution >= 0.6 is 22.9 Å². The Balaban J connectivity index is 1.63. The van der Waals surface area contributed by atoms with Gasteiger partial charge in [0.1, 0.15) is 22.3 Å². The number of benzene rings is 2. The van der Waals surface area contributed by atoms with Crippen LogP contribution < -0.4 is 4.90 Å². The molecule has 2 atom stereocenters. The minimum absolute atomic E-state index is 0.108. The number of ether oxygens (including phenoxy) is 1. The van der Waals surface area contributed by atoms with Gasteiger partial charge >= 0.3 is 0 Å². The lowest BCUT2D eigenvalue weighted by molar-refractivity contribution is -0.00538. The van der Waals surface area contributed by atoms with Gasteiger partial charge in [-0.3, -0.25) is 0 Å². The van der Waals surface area contributed by atoms with Crippen LogP contribution in [0.4, 0.5) is 10.2 Å². The monoisotopic (exact) mass is 467 g/mol. The molecule has 1 fully saturated rings. The number of anilines is 1. The fourth-order valence-electron chi connectivity index (χ4n) is 4.25. The highest BCUT2D eigenvalue weighted by atomic mass is 35.5. The van der Waals surface area contributed by atoms with E-state index < -0.39 is 0 Å². The van der Waals surface area contributed by atoms with Gasteiger partial charge in [0, 0.05) is 35.5 Å². The standard InChI is InChI=1S/C25H23ClFN3OS/c1-15-12-30(13-16(2)31-15)24-23-21(18-5-9-20(27)10-6-18)14-32-25(23)29-22(28-24)11-17-3-7-19(26)8-4-17/h3-10,14-16H,11-13H2,1-2H3/t15-,16-/m0/s1. The maximum Gasteiger partial charge on any atom is 0.141 e. The summed E-state index contributed by atoms with van der Waals surface area (Å²) in [6, 6.07) is 14.4. The predicted octanol–water partition coefficient (Wildman–Crippen LogP) is 6.36. The van der Waals surface area contributed by atoms with E-state index in [0.29, 0.717) is 11.4 Å². The fourth-order valence-corrected chi connectivity index (χ4v) is 5.34. The summed E-state index contributed by atoms with van der Waals surface area (Å²) < 4.78 is 19.5. The highest BCUT2D eigenvalue weighted by Crippen LogP contribution is 2.39. The Morgan fingerprint density at radius 2 is 1.72 bits per heavy atom. The van der Waals surface area contributed by atoms with Crippen LogP contribution in [0.15, 0.2) is 53.9 Å². The number of morpholine rings is 1. The van der Waals surface area contributed by atoms with Crippen LogP contribution in [0, 0.1) is 5.82 Å². The largest absolute Gasteiger partial charge is 0.372 e. The van der Waals surface area contributed by atoms with Crippen molar-refractivity contribution in [3.63, 3.8) is 0 Å². The molecule has 0 unspecified atom stereocenters. The molecule has 0 amide bonds. The van der Waals surface area contributed by atoms with Gasteiger partial charge in [0.15, 0.2) is 0 Å². The van der Waals surface area contributed by atoms with E-state index in [1.807, 2.05) is 36.4 Å². The second kappa shape index (κ2) is 8.77. The third kappa shape index (κ3) is 4.35. The van der Waals surface area contributed by atoms with E-state index in [9.17, 15) is 4.39 Å². The van der Waals surface area contributed by atoms with Crippen molar-refractivity contribution in [2.45, 2.75) is 32.5 Å². The number of fused-ring (bicyclic) bond motifs is 1. The van der Waals surface area contributed by atoms with E-state index in [1.54, 1.807) is 11.3 Å². The first-order chi connectivity index (χ1) is 15.5. The SMILES string of the molecule is C[C@H]1CN(c2nc(Cc3ccc(Cl)cc3)nc3scc(-c4ccc(F)cc4)c23)C[C@H](C)O1. The van der Waals surface area contributed by atoms with Crippen molar-refractivity contribution in [1.82, 2.24) is 9.97 Å². The van der Waals surface area contributed by atoms with Crippen molar-refractivity contribution < 1.29 is 9.13 Å². The molecule has 1 aliphatic heterocycles. The summed E-state index contributed by atoms with van der Waals surface area (Å²) in [7, 11) is 0. The quantitative estimate of drug-likeness (QED) is 0.350. The summed E-state index contributed by atoms with van der Waals surface area (Å²) in [5, 5.41) is 3.82. The average Bonchev–Trinajstić information content (AvgIpc) is 3.19. The van der Waals surface area contributed by atoms with Gasteiger partial charge in [-0.05, 0) is 49.2 Å². The number of hydrogen-bond acceptors (Lipinski definition) is 5. The van der Waals surface area contributed by atoms with Gasteiger partial charge in [-0.25, -0.2) is 14.4 Å². The van der Waals surface area contributed by atoms with Crippen molar-refractivity contribution in [3.05, 3.63) is 76.1 Å². The molecule has 0 bridgehead atoms. The minimum atomic E-state index is -0.245. The van der Waals surface area contributed by atoms with Gasteiger partial charge in [0.05, 0.1) is 17.6 Å². The molecule has 164 valence electrons. The van der Waals surface area contributed by atoms with Gasteiger partial charge in [0.2, 0.25) is 0 Å². The van der Waals surface area contributed by atoms with Gasteiger partial charge in [0.25, 0.3) is 0 Å². The zero-order valence-electron chi connectivity index (χ0n) is 17.9. The summed E-state index contributed by atoms with van der Waals surface area (Å²) in [6.07, 6.45) is 0.840. The number of rotatable bonds is 4. The number of hydrogen-bond donors (Lipinski definition) is 0. The third-order valence-corrected chi connectivity index (χ3v) is 6.73. The first kappa shape index (κ1) is 21.3. The Morgan fingerprint density at radius 3 is 2.41 bits per heavy atom. The Kier molecular flexibility index (Phi) is 5.84. The second-order valence-corrected chi connectivity index (χ2v) is 9.56. The van der Waals surface area contributed by atoms with Crippen molar-refractivity contribution in [2.75, 3.05) is 18.0 Å². The van der Waals surface area contributed by atoms with Crippen LogP contribution in [0.1, 0.15) is 25.2 Å². The maximum atomic E-state index is 13.5. The normalized spacial score (nSPS) is 18.9. The number of halogens is 2. The third-order valence-electron chi connectivity index (χ3n) is 5.61. The van der Waals surface area contributed by atoms with E-state index in [2.05, 4.69) is 24.1 Å². The van der Waals surface area contributed by atoms with E-state index in [1.165, 1.54) is 12.1 Å². The summed E-state index contributed by atoms with van der Waals surface area (Å²) in [5.74, 6) is 1.45. The molecule has 3 heterocycles. The van der Waals surface area contributed by atoms with Gasteiger partial charge < -0.3 is 9.64 Å². The second-order valence-electron chi connectivity index (χ2n) is 8.27. The lowest BCUT2D eigenvalue weighted by Gasteiger charge is -2.36. The average molecular weight is 468 g/mol. The van der Waals surface area contributed by atoms with Gasteiger partial charge in [-0.15, -0.1) is 11.3 Å². The van der Waals surface area contributed by atoms with Crippen molar-refractivity contribution in [2.24, 2.45) is 0 Å². The summed E-state index contributed by atoms with van der Waals surface area (Å²) in [6.45, 7) is 5.69. The Labute approximate surface area is 195 Å². The Morgan fingerprint density at radius 1 is 1.03 bits per heavy atom. The molecule has 32 heavy (non-hydrogen) atoms. The Hall–Kier alpha value is -2.54. The predicted molar refractivity (Wildman–Crippen MR) is 129 cm³/mol. The molecular weight excluding hydrogens is 445 g/mol. The summed E-state index contributed by atoms with van der Waals surface area (Å²) in [5.41, 5.74) is 3.10. The molecule has 0 saturated carbocycles.